The quantitative estimate of drug-likeness (QED) is 0.762. The molecule has 1 N–H and O–H groups in total. The van der Waals surface area contributed by atoms with Crippen molar-refractivity contribution in [2.75, 3.05) is 13.2 Å². The van der Waals surface area contributed by atoms with Crippen molar-refractivity contribution in [2.24, 2.45) is 0 Å². The van der Waals surface area contributed by atoms with E-state index in [1.165, 1.54) is 16.8 Å². The molecule has 138 valence electrons. The molecule has 1 unspecified atom stereocenters. The fraction of sp³-hybridized carbons (Fsp3) is 0.714. The number of ether oxygens (including phenoxy) is 2. The molecule has 25 heavy (non-hydrogen) atoms. The Bertz CT molecular complexity index is 829. The number of hydrogen-bond acceptors (Lipinski definition) is 8. The van der Waals surface area contributed by atoms with Gasteiger partial charge in [0.2, 0.25) is 0 Å². The highest BCUT2D eigenvalue weighted by molar-refractivity contribution is 7.48. The second kappa shape index (κ2) is 5.87. The Morgan fingerprint density at radius 2 is 2.20 bits per heavy atom. The molecule has 5 atom stereocenters. The van der Waals surface area contributed by atoms with Crippen LogP contribution in [0.15, 0.2) is 21.9 Å². The first-order valence-electron chi connectivity index (χ1n) is 8.05. The van der Waals surface area contributed by atoms with Crippen LogP contribution in [0.3, 0.4) is 0 Å². The second-order valence-corrected chi connectivity index (χ2v) is 8.10. The number of nitrogens with one attached hydrogen (secondary N) is 1. The van der Waals surface area contributed by atoms with Gasteiger partial charge in [0.15, 0.2) is 6.23 Å². The third-order valence-electron chi connectivity index (χ3n) is 4.49. The van der Waals surface area contributed by atoms with Gasteiger partial charge in [-0.25, -0.2) is 9.36 Å². The second-order valence-electron chi connectivity index (χ2n) is 6.52. The zero-order chi connectivity index (χ0) is 17.8. The van der Waals surface area contributed by atoms with Crippen LogP contribution < -0.4 is 11.2 Å². The maximum Gasteiger partial charge on any atom is 0.475 e. The maximum absolute atomic E-state index is 12.7. The SMILES string of the molecule is CC(C)OP1(=O)OC[C@H]2O[C@@H](n3ccc(=O)[nH]c3=O)[C@@]3(CCO3)[C@@H]2O1. The van der Waals surface area contributed by atoms with Crippen LogP contribution in [-0.2, 0) is 27.6 Å². The van der Waals surface area contributed by atoms with Crippen LogP contribution in [0.1, 0.15) is 26.5 Å². The summed E-state index contributed by atoms with van der Waals surface area (Å²) in [5.74, 6) is 0. The lowest BCUT2D eigenvalue weighted by Gasteiger charge is -2.46. The molecule has 0 amide bonds. The van der Waals surface area contributed by atoms with Crippen LogP contribution in [0.2, 0.25) is 0 Å². The van der Waals surface area contributed by atoms with Crippen molar-refractivity contribution in [1.29, 1.82) is 0 Å². The highest BCUT2D eigenvalue weighted by atomic mass is 31.2. The topological polar surface area (TPSA) is 118 Å². The Labute approximate surface area is 142 Å². The molecule has 3 aliphatic rings. The minimum atomic E-state index is -3.74. The molecule has 10 nitrogen and oxygen atoms in total. The van der Waals surface area contributed by atoms with Crippen molar-refractivity contribution in [3.63, 3.8) is 0 Å². The van der Waals surface area contributed by atoms with E-state index in [2.05, 4.69) is 4.98 Å². The van der Waals surface area contributed by atoms with Crippen LogP contribution in [0.25, 0.3) is 0 Å². The molecule has 1 aromatic heterocycles. The van der Waals surface area contributed by atoms with E-state index < -0.39 is 43.1 Å². The highest BCUT2D eigenvalue weighted by Gasteiger charge is 2.66. The summed E-state index contributed by atoms with van der Waals surface area (Å²) in [7, 11) is -3.74. The molecule has 1 spiro atoms. The fourth-order valence-electron chi connectivity index (χ4n) is 3.41. The third kappa shape index (κ3) is 2.73. The minimum Gasteiger partial charge on any atom is -0.367 e. The third-order valence-corrected chi connectivity index (χ3v) is 6.12. The van der Waals surface area contributed by atoms with Crippen LogP contribution in [0.5, 0.6) is 0 Å². The summed E-state index contributed by atoms with van der Waals surface area (Å²) in [6, 6.07) is 1.23. The standard InChI is InChI=1S/C14H19N2O8P/c1-8(2)23-25(19)21-7-9-11(24-25)14(4-6-20-14)12(22-9)16-5-3-10(17)15-13(16)18/h3,5,8-9,11-12H,4,6-7H2,1-2H3,(H,15,17,18)/t9-,11-,12-,14-,25?/m1/s1. The van der Waals surface area contributed by atoms with E-state index in [4.69, 9.17) is 23.0 Å². The van der Waals surface area contributed by atoms with Crippen LogP contribution in [-0.4, -0.2) is 46.7 Å². The molecule has 3 fully saturated rings. The van der Waals surface area contributed by atoms with Crippen molar-refractivity contribution < 1.29 is 27.6 Å². The number of aromatic nitrogens is 2. The zero-order valence-corrected chi connectivity index (χ0v) is 14.6. The van der Waals surface area contributed by atoms with E-state index in [0.29, 0.717) is 13.0 Å². The predicted octanol–water partition coefficient (Wildman–Crippen LogP) is 0.542. The van der Waals surface area contributed by atoms with Crippen LogP contribution in [0, 0.1) is 0 Å². The monoisotopic (exact) mass is 374 g/mol. The van der Waals surface area contributed by atoms with Gasteiger partial charge in [-0.2, -0.15) is 0 Å². The fourth-order valence-corrected chi connectivity index (χ4v) is 5.02. The van der Waals surface area contributed by atoms with E-state index in [9.17, 15) is 14.2 Å². The first-order chi connectivity index (χ1) is 11.8. The molecule has 3 saturated heterocycles. The number of phosphoric acid groups is 1. The number of H-pyrrole nitrogens is 1. The lowest BCUT2D eigenvalue weighted by molar-refractivity contribution is -0.225. The van der Waals surface area contributed by atoms with Gasteiger partial charge < -0.3 is 9.47 Å². The highest BCUT2D eigenvalue weighted by Crippen LogP contribution is 2.61. The average Bonchev–Trinajstić information content (AvgIpc) is 2.79. The summed E-state index contributed by atoms with van der Waals surface area (Å²) in [5.41, 5.74) is -2.10. The molecule has 0 saturated carbocycles. The van der Waals surface area contributed by atoms with E-state index in [0.717, 1.165) is 0 Å². The molecule has 4 heterocycles. The molecule has 3 aliphatic heterocycles. The summed E-state index contributed by atoms with van der Waals surface area (Å²) >= 11 is 0. The summed E-state index contributed by atoms with van der Waals surface area (Å²) in [6.45, 7) is 3.90. The number of nitrogens with zero attached hydrogens (tertiary/aromatic N) is 1. The molecule has 0 bridgehead atoms. The Morgan fingerprint density at radius 3 is 2.80 bits per heavy atom. The van der Waals surface area contributed by atoms with Crippen molar-refractivity contribution in [3.05, 3.63) is 33.1 Å². The number of phosphoric ester groups is 1. The van der Waals surface area contributed by atoms with Crippen molar-refractivity contribution in [1.82, 2.24) is 9.55 Å². The van der Waals surface area contributed by atoms with Gasteiger partial charge in [0, 0.05) is 18.7 Å². The molecule has 0 radical (unpaired) electrons. The van der Waals surface area contributed by atoms with Gasteiger partial charge in [0.25, 0.3) is 5.56 Å². The van der Waals surface area contributed by atoms with Gasteiger partial charge in [-0.15, -0.1) is 0 Å². The number of aromatic amines is 1. The summed E-state index contributed by atoms with van der Waals surface area (Å²) < 4.78 is 41.8. The lowest BCUT2D eigenvalue weighted by atomic mass is 9.86. The first kappa shape index (κ1) is 17.1. The minimum absolute atomic E-state index is 0.00558. The zero-order valence-electron chi connectivity index (χ0n) is 13.7. The number of rotatable bonds is 3. The van der Waals surface area contributed by atoms with Crippen molar-refractivity contribution >= 4 is 7.82 Å². The van der Waals surface area contributed by atoms with Gasteiger partial charge in [0.05, 0.1) is 19.3 Å². The molecule has 1 aromatic rings. The van der Waals surface area contributed by atoms with Gasteiger partial charge in [-0.1, -0.05) is 0 Å². The Hall–Kier alpha value is -1.29. The first-order valence-corrected chi connectivity index (χ1v) is 9.51. The lowest BCUT2D eigenvalue weighted by Crippen LogP contribution is -2.59. The molecule has 0 aliphatic carbocycles. The Kier molecular flexibility index (Phi) is 4.02. The molecule has 4 rings (SSSR count). The van der Waals surface area contributed by atoms with Gasteiger partial charge in [-0.05, 0) is 13.8 Å². The Morgan fingerprint density at radius 1 is 1.44 bits per heavy atom. The normalized spacial score (nSPS) is 40.2. The summed E-state index contributed by atoms with van der Waals surface area (Å²) in [5, 5.41) is 0. The van der Waals surface area contributed by atoms with Crippen molar-refractivity contribution in [2.45, 2.75) is 50.4 Å². The number of fused-ring (bicyclic) bond motifs is 2. The maximum atomic E-state index is 12.7. The smallest absolute Gasteiger partial charge is 0.367 e. The van der Waals surface area contributed by atoms with Gasteiger partial charge in [0.1, 0.15) is 17.8 Å². The van der Waals surface area contributed by atoms with Gasteiger partial charge in [-0.3, -0.25) is 27.9 Å². The summed E-state index contributed by atoms with van der Waals surface area (Å²) in [6.07, 6.45) is -0.551. The van der Waals surface area contributed by atoms with Crippen LogP contribution in [0.4, 0.5) is 0 Å². The van der Waals surface area contributed by atoms with E-state index >= 15 is 0 Å². The Balaban J connectivity index is 1.68. The summed E-state index contributed by atoms with van der Waals surface area (Å²) in [4.78, 5) is 25.6. The van der Waals surface area contributed by atoms with Crippen LogP contribution >= 0.6 is 7.82 Å². The molecular weight excluding hydrogens is 355 g/mol. The molecule has 11 heteroatoms. The molecular formula is C14H19N2O8P. The van der Waals surface area contributed by atoms with E-state index in [1.807, 2.05) is 0 Å². The van der Waals surface area contributed by atoms with Gasteiger partial charge >= 0.3 is 13.5 Å². The molecule has 0 aromatic carbocycles. The predicted molar refractivity (Wildman–Crippen MR) is 83.2 cm³/mol. The number of hydrogen-bond donors (Lipinski definition) is 1. The van der Waals surface area contributed by atoms with E-state index in [1.54, 1.807) is 13.8 Å². The van der Waals surface area contributed by atoms with E-state index in [-0.39, 0.29) is 12.7 Å². The van der Waals surface area contributed by atoms with Crippen molar-refractivity contribution in [3.8, 4) is 0 Å². The average molecular weight is 374 g/mol. The largest absolute Gasteiger partial charge is 0.475 e.